The molecule has 0 fully saturated rings. The third-order valence-electron chi connectivity index (χ3n) is 3.65. The van der Waals surface area contributed by atoms with E-state index in [-0.39, 0.29) is 0 Å². The Hall–Kier alpha value is -2.58. The lowest BCUT2D eigenvalue weighted by atomic mass is 9.89. The van der Waals surface area contributed by atoms with Crippen molar-refractivity contribution in [3.05, 3.63) is 51.8 Å². The molecule has 24 heavy (non-hydrogen) atoms. The van der Waals surface area contributed by atoms with Gasteiger partial charge in [0.15, 0.2) is 11.3 Å². The van der Waals surface area contributed by atoms with E-state index in [1.54, 1.807) is 12.1 Å². The van der Waals surface area contributed by atoms with Crippen LogP contribution in [-0.2, 0) is 6.42 Å². The molecular formula is C16H13N3O3S2. The van der Waals surface area contributed by atoms with Gasteiger partial charge in [0.1, 0.15) is 11.4 Å². The van der Waals surface area contributed by atoms with Crippen LogP contribution in [0.4, 0.5) is 0 Å². The van der Waals surface area contributed by atoms with E-state index >= 15 is 0 Å². The van der Waals surface area contributed by atoms with Gasteiger partial charge in [0, 0.05) is 0 Å². The molecule has 3 rings (SSSR count). The summed E-state index contributed by atoms with van der Waals surface area (Å²) < 4.78 is 5.85. The van der Waals surface area contributed by atoms with Crippen molar-refractivity contribution in [3.8, 4) is 10.8 Å². The smallest absolute Gasteiger partial charge is 0.259 e. The third kappa shape index (κ3) is 2.81. The fourth-order valence-electron chi connectivity index (χ4n) is 2.50. The van der Waals surface area contributed by atoms with E-state index in [0.717, 1.165) is 22.5 Å². The predicted octanol–water partition coefficient (Wildman–Crippen LogP) is 2.35. The monoisotopic (exact) mass is 359 g/mol. The number of thiocarbonyl (C=S) groups is 1. The Morgan fingerprint density at radius 1 is 1.38 bits per heavy atom. The molecule has 1 aliphatic rings. The molecule has 8 heteroatoms. The van der Waals surface area contributed by atoms with Crippen LogP contribution >= 0.6 is 23.6 Å². The van der Waals surface area contributed by atoms with Gasteiger partial charge < -0.3 is 16.2 Å². The standard InChI is InChI=1S/C16H13N3O3S2/c17-5-8-1-4-11-12(13(8)23)16(24-14(11)15(18)21)22-10-3-2-9(7-20)19-6-10/h2-3,5-7H,1,4,17H2,(H2,18,21). The second-order valence-electron chi connectivity index (χ2n) is 5.10. The van der Waals surface area contributed by atoms with Gasteiger partial charge in [0.25, 0.3) is 5.91 Å². The molecule has 2 aromatic heterocycles. The number of pyridine rings is 1. The second-order valence-corrected chi connectivity index (χ2v) is 6.49. The Morgan fingerprint density at radius 2 is 2.17 bits per heavy atom. The van der Waals surface area contributed by atoms with Crippen molar-refractivity contribution in [2.24, 2.45) is 11.5 Å². The molecule has 0 unspecified atom stereocenters. The van der Waals surface area contributed by atoms with Gasteiger partial charge >= 0.3 is 0 Å². The molecule has 0 aromatic carbocycles. The summed E-state index contributed by atoms with van der Waals surface area (Å²) in [6.45, 7) is 0. The van der Waals surface area contributed by atoms with Gasteiger partial charge in [-0.1, -0.05) is 23.6 Å². The number of hydrogen-bond donors (Lipinski definition) is 2. The summed E-state index contributed by atoms with van der Waals surface area (Å²) in [5.74, 6) is -0.0733. The summed E-state index contributed by atoms with van der Waals surface area (Å²) in [6, 6.07) is 3.17. The van der Waals surface area contributed by atoms with Gasteiger partial charge in [-0.05, 0) is 42.3 Å². The van der Waals surface area contributed by atoms with Crippen LogP contribution < -0.4 is 16.2 Å². The number of aldehydes is 1. The minimum atomic E-state index is -0.511. The zero-order valence-corrected chi connectivity index (χ0v) is 14.1. The number of nitrogens with zero attached hydrogens (tertiary/aromatic N) is 1. The summed E-state index contributed by atoms with van der Waals surface area (Å²) in [7, 11) is 0. The highest BCUT2D eigenvalue weighted by Crippen LogP contribution is 2.43. The van der Waals surface area contributed by atoms with Crippen LogP contribution in [0.3, 0.4) is 0 Å². The number of amides is 1. The molecule has 0 spiro atoms. The summed E-state index contributed by atoms with van der Waals surface area (Å²) in [6.07, 6.45) is 4.85. The van der Waals surface area contributed by atoms with Gasteiger partial charge in [-0.25, -0.2) is 4.98 Å². The fraction of sp³-hybridized carbons (Fsp3) is 0.125. The normalized spacial score (nSPS) is 15.2. The maximum absolute atomic E-state index is 11.7. The summed E-state index contributed by atoms with van der Waals surface area (Å²) in [5, 5.41) is 0.475. The van der Waals surface area contributed by atoms with Crippen LogP contribution in [-0.4, -0.2) is 22.0 Å². The molecule has 4 N–H and O–H groups in total. The van der Waals surface area contributed by atoms with E-state index in [1.165, 1.54) is 12.4 Å². The minimum Gasteiger partial charge on any atom is -0.444 e. The van der Waals surface area contributed by atoms with E-state index < -0.39 is 5.91 Å². The molecule has 2 aromatic rings. The Balaban J connectivity index is 2.05. The quantitative estimate of drug-likeness (QED) is 0.493. The maximum Gasteiger partial charge on any atom is 0.259 e. The number of fused-ring (bicyclic) bond motifs is 1. The van der Waals surface area contributed by atoms with Crippen molar-refractivity contribution in [2.75, 3.05) is 0 Å². The van der Waals surface area contributed by atoms with Crippen LogP contribution in [0.1, 0.15) is 37.7 Å². The molecular weight excluding hydrogens is 346 g/mol. The van der Waals surface area contributed by atoms with Gasteiger partial charge in [-0.3, -0.25) is 9.59 Å². The molecule has 0 atom stereocenters. The summed E-state index contributed by atoms with van der Waals surface area (Å²) >= 11 is 6.64. The Bertz CT molecular complexity index is 869. The highest BCUT2D eigenvalue weighted by molar-refractivity contribution is 7.81. The van der Waals surface area contributed by atoms with Gasteiger partial charge in [-0.15, -0.1) is 0 Å². The van der Waals surface area contributed by atoms with Crippen molar-refractivity contribution in [1.82, 2.24) is 4.98 Å². The number of aromatic nitrogens is 1. The van der Waals surface area contributed by atoms with Gasteiger partial charge in [0.05, 0.1) is 21.5 Å². The first kappa shape index (κ1) is 16.3. The molecule has 2 heterocycles. The number of carbonyl (C=O) groups is 2. The Morgan fingerprint density at radius 3 is 2.75 bits per heavy atom. The van der Waals surface area contributed by atoms with Crippen molar-refractivity contribution in [1.29, 1.82) is 0 Å². The lowest BCUT2D eigenvalue weighted by Gasteiger charge is -2.18. The number of rotatable bonds is 4. The first-order chi connectivity index (χ1) is 11.5. The van der Waals surface area contributed by atoms with Crippen molar-refractivity contribution in [3.63, 3.8) is 0 Å². The van der Waals surface area contributed by atoms with Gasteiger partial charge in [-0.2, -0.15) is 0 Å². The lowest BCUT2D eigenvalue weighted by Crippen LogP contribution is -2.17. The third-order valence-corrected chi connectivity index (χ3v) is 5.24. The topological polar surface area (TPSA) is 108 Å². The van der Waals surface area contributed by atoms with E-state index in [9.17, 15) is 9.59 Å². The molecule has 0 saturated heterocycles. The predicted molar refractivity (Wildman–Crippen MR) is 94.8 cm³/mol. The molecule has 0 aliphatic heterocycles. The number of thiophene rings is 1. The van der Waals surface area contributed by atoms with Crippen LogP contribution in [0, 0.1) is 0 Å². The van der Waals surface area contributed by atoms with Crippen molar-refractivity contribution in [2.45, 2.75) is 12.8 Å². The van der Waals surface area contributed by atoms with E-state index in [0.29, 0.717) is 50.9 Å². The average molecular weight is 359 g/mol. The minimum absolute atomic E-state index is 0.303. The number of carbonyl (C=O) groups excluding carboxylic acids is 2. The lowest BCUT2D eigenvalue weighted by molar-refractivity contribution is 0.100. The van der Waals surface area contributed by atoms with Crippen LogP contribution in [0.25, 0.3) is 0 Å². The van der Waals surface area contributed by atoms with Crippen LogP contribution in [0.15, 0.2) is 30.1 Å². The largest absolute Gasteiger partial charge is 0.444 e. The van der Waals surface area contributed by atoms with E-state index in [1.807, 2.05) is 0 Å². The molecule has 122 valence electrons. The number of hydrogen-bond acceptors (Lipinski definition) is 7. The highest BCUT2D eigenvalue weighted by atomic mass is 32.1. The fourth-order valence-corrected chi connectivity index (χ4v) is 4.03. The molecule has 0 bridgehead atoms. The first-order valence-electron chi connectivity index (χ1n) is 7.05. The van der Waals surface area contributed by atoms with E-state index in [4.69, 9.17) is 28.4 Å². The SMILES string of the molecule is NC=C1CCc2c(C(N)=O)sc(Oc3ccc(C=O)nc3)c2C1=S. The number of nitrogens with two attached hydrogens (primary N) is 2. The van der Waals surface area contributed by atoms with Gasteiger partial charge in [0.2, 0.25) is 0 Å². The zero-order chi connectivity index (χ0) is 17.3. The van der Waals surface area contributed by atoms with Crippen LogP contribution in [0.2, 0.25) is 0 Å². The van der Waals surface area contributed by atoms with Crippen molar-refractivity contribution < 1.29 is 14.3 Å². The molecule has 1 amide bonds. The summed E-state index contributed by atoms with van der Waals surface area (Å²) in [4.78, 5) is 27.4. The Labute approximate surface area is 147 Å². The second kappa shape index (κ2) is 6.50. The molecule has 1 aliphatic carbocycles. The number of ether oxygens (including phenoxy) is 1. The maximum atomic E-state index is 11.7. The average Bonchev–Trinajstić information content (AvgIpc) is 2.95. The Kier molecular flexibility index (Phi) is 4.41. The van der Waals surface area contributed by atoms with Crippen molar-refractivity contribution >= 4 is 40.6 Å². The molecule has 0 radical (unpaired) electrons. The highest BCUT2D eigenvalue weighted by Gasteiger charge is 2.30. The molecule has 0 saturated carbocycles. The van der Waals surface area contributed by atoms with Crippen LogP contribution in [0.5, 0.6) is 10.8 Å². The first-order valence-corrected chi connectivity index (χ1v) is 8.27. The van der Waals surface area contributed by atoms with E-state index in [2.05, 4.69) is 4.98 Å². The zero-order valence-electron chi connectivity index (χ0n) is 12.4. The number of allylic oxidation sites excluding steroid dienone is 1. The molecule has 6 nitrogen and oxygen atoms in total. The summed E-state index contributed by atoms with van der Waals surface area (Å²) in [5.41, 5.74) is 13.7. The number of primary amides is 1.